The fourth-order valence-corrected chi connectivity index (χ4v) is 3.21. The van der Waals surface area contributed by atoms with E-state index in [-0.39, 0.29) is 30.5 Å². The molecule has 0 spiro atoms. The van der Waals surface area contributed by atoms with Crippen molar-refractivity contribution in [2.24, 2.45) is 0 Å². The van der Waals surface area contributed by atoms with E-state index in [4.69, 9.17) is 5.11 Å². The summed E-state index contributed by atoms with van der Waals surface area (Å²) in [5, 5.41) is 11.2. The molecule has 1 aromatic heterocycles. The fourth-order valence-electron chi connectivity index (χ4n) is 1.82. The van der Waals surface area contributed by atoms with Gasteiger partial charge < -0.3 is 10.4 Å². The van der Waals surface area contributed by atoms with Crippen LogP contribution in [0.3, 0.4) is 0 Å². The number of hydrogen-bond acceptors (Lipinski definition) is 5. The van der Waals surface area contributed by atoms with Crippen molar-refractivity contribution in [2.45, 2.75) is 11.3 Å². The summed E-state index contributed by atoms with van der Waals surface area (Å²) in [7, 11) is -3.76. The number of pyridine rings is 1. The first-order chi connectivity index (χ1) is 10.0. The van der Waals surface area contributed by atoms with Gasteiger partial charge in [0.15, 0.2) is 0 Å². The Kier molecular flexibility index (Phi) is 4.90. The van der Waals surface area contributed by atoms with Crippen molar-refractivity contribution in [2.75, 3.05) is 26.2 Å². The van der Waals surface area contributed by atoms with Crippen LogP contribution in [0.4, 0.5) is 0 Å². The molecule has 7 nitrogen and oxygen atoms in total. The van der Waals surface area contributed by atoms with E-state index in [1.54, 1.807) is 0 Å². The van der Waals surface area contributed by atoms with Crippen LogP contribution in [-0.2, 0) is 14.8 Å². The van der Waals surface area contributed by atoms with Crippen LogP contribution in [0.2, 0.25) is 0 Å². The van der Waals surface area contributed by atoms with E-state index in [2.05, 4.69) is 22.1 Å². The van der Waals surface area contributed by atoms with Gasteiger partial charge in [0, 0.05) is 37.5 Å². The summed E-state index contributed by atoms with van der Waals surface area (Å²) in [6.45, 7) is 0.278. The summed E-state index contributed by atoms with van der Waals surface area (Å²) in [5.74, 6) is 5.12. The molecule has 0 unspecified atom stereocenters. The lowest BCUT2D eigenvalue weighted by molar-refractivity contribution is -0.122. The average Bonchev–Trinajstić information content (AvgIpc) is 2.48. The topological polar surface area (TPSA) is 99.6 Å². The molecule has 0 atom stereocenters. The fraction of sp³-hybridized carbons (Fsp3) is 0.385. The monoisotopic (exact) mass is 309 g/mol. The Bertz CT molecular complexity index is 691. The quantitative estimate of drug-likeness (QED) is 0.693. The van der Waals surface area contributed by atoms with Gasteiger partial charge in [0.25, 0.3) is 0 Å². The molecule has 1 fully saturated rings. The molecule has 1 aliphatic heterocycles. The highest BCUT2D eigenvalue weighted by Gasteiger charge is 2.29. The number of aliphatic hydroxyl groups is 1. The molecule has 2 heterocycles. The minimum absolute atomic E-state index is 0.00741. The zero-order valence-electron chi connectivity index (χ0n) is 11.2. The summed E-state index contributed by atoms with van der Waals surface area (Å²) in [6.07, 6.45) is 2.99. The molecule has 2 rings (SSSR count). The van der Waals surface area contributed by atoms with E-state index in [0.29, 0.717) is 18.5 Å². The minimum Gasteiger partial charge on any atom is -0.395 e. The zero-order chi connectivity index (χ0) is 15.3. The highest BCUT2D eigenvalue weighted by molar-refractivity contribution is 7.89. The molecule has 0 saturated carbocycles. The standard InChI is InChI=1S/C13H15N3O4S/c17-6-2-1-3-11-7-12(9-14-8-11)21(19,20)16-5-4-15-13(18)10-16/h7-9,17H,2,4-6,10H2,(H,15,18). The smallest absolute Gasteiger partial charge is 0.245 e. The lowest BCUT2D eigenvalue weighted by Gasteiger charge is -2.25. The van der Waals surface area contributed by atoms with Crippen molar-refractivity contribution >= 4 is 15.9 Å². The number of nitrogens with one attached hydrogen (secondary N) is 1. The second-order valence-corrected chi connectivity index (χ2v) is 6.31. The van der Waals surface area contributed by atoms with Gasteiger partial charge in [-0.05, 0) is 6.07 Å². The molecule has 1 saturated heterocycles. The number of piperazine rings is 1. The number of carbonyl (C=O) groups excluding carboxylic acids is 1. The summed E-state index contributed by atoms with van der Waals surface area (Å²) >= 11 is 0. The molecule has 1 aliphatic rings. The minimum atomic E-state index is -3.76. The van der Waals surface area contributed by atoms with Crippen molar-refractivity contribution in [1.82, 2.24) is 14.6 Å². The molecule has 1 aromatic rings. The van der Waals surface area contributed by atoms with Gasteiger partial charge in [-0.1, -0.05) is 11.8 Å². The predicted molar refractivity (Wildman–Crippen MR) is 74.6 cm³/mol. The summed E-state index contributed by atoms with van der Waals surface area (Å²) in [6, 6.07) is 1.42. The molecule has 0 aliphatic carbocycles. The van der Waals surface area contributed by atoms with Crippen molar-refractivity contribution < 1.29 is 18.3 Å². The Hall–Kier alpha value is -1.95. The van der Waals surface area contributed by atoms with Gasteiger partial charge in [0.1, 0.15) is 4.90 Å². The maximum Gasteiger partial charge on any atom is 0.245 e. The summed E-state index contributed by atoms with van der Waals surface area (Å²) in [5.41, 5.74) is 0.450. The Morgan fingerprint density at radius 1 is 1.43 bits per heavy atom. The molecule has 21 heavy (non-hydrogen) atoms. The largest absolute Gasteiger partial charge is 0.395 e. The second-order valence-electron chi connectivity index (χ2n) is 4.37. The second kappa shape index (κ2) is 6.67. The van der Waals surface area contributed by atoms with E-state index in [9.17, 15) is 13.2 Å². The van der Waals surface area contributed by atoms with Crippen molar-refractivity contribution in [1.29, 1.82) is 0 Å². The number of nitrogens with zero attached hydrogens (tertiary/aromatic N) is 2. The SMILES string of the molecule is O=C1CN(S(=O)(=O)c2cncc(C#CCCO)c2)CCN1. The van der Waals surface area contributed by atoms with Crippen molar-refractivity contribution in [3.63, 3.8) is 0 Å². The lowest BCUT2D eigenvalue weighted by Crippen LogP contribution is -2.49. The Morgan fingerprint density at radius 3 is 2.95 bits per heavy atom. The molecule has 1 amide bonds. The Balaban J connectivity index is 2.26. The molecule has 2 N–H and O–H groups in total. The molecule has 0 radical (unpaired) electrons. The molecule has 8 heteroatoms. The normalized spacial score (nSPS) is 16.0. The Labute approximate surface area is 123 Å². The average molecular weight is 309 g/mol. The number of amides is 1. The maximum absolute atomic E-state index is 12.4. The number of aromatic nitrogens is 1. The summed E-state index contributed by atoms with van der Waals surface area (Å²) < 4.78 is 26.0. The van der Waals surface area contributed by atoms with E-state index in [1.165, 1.54) is 18.5 Å². The maximum atomic E-state index is 12.4. The van der Waals surface area contributed by atoms with Gasteiger partial charge in [-0.15, -0.1) is 0 Å². The zero-order valence-corrected chi connectivity index (χ0v) is 12.1. The lowest BCUT2D eigenvalue weighted by atomic mass is 10.3. The molecule has 0 bridgehead atoms. The van der Waals surface area contributed by atoms with E-state index in [0.717, 1.165) is 4.31 Å². The van der Waals surface area contributed by atoms with Gasteiger partial charge >= 0.3 is 0 Å². The third kappa shape index (κ3) is 3.78. The van der Waals surface area contributed by atoms with Gasteiger partial charge in [0.05, 0.1) is 13.2 Å². The first-order valence-corrected chi connectivity index (χ1v) is 7.79. The van der Waals surface area contributed by atoms with Crippen LogP contribution in [0.15, 0.2) is 23.4 Å². The van der Waals surface area contributed by atoms with Crippen LogP contribution < -0.4 is 5.32 Å². The van der Waals surface area contributed by atoms with Crippen LogP contribution in [0.1, 0.15) is 12.0 Å². The summed E-state index contributed by atoms with van der Waals surface area (Å²) in [4.78, 5) is 15.2. The van der Waals surface area contributed by atoms with Crippen molar-refractivity contribution in [3.05, 3.63) is 24.0 Å². The first-order valence-electron chi connectivity index (χ1n) is 6.35. The van der Waals surface area contributed by atoms with Crippen molar-refractivity contribution in [3.8, 4) is 11.8 Å². The third-order valence-corrected chi connectivity index (χ3v) is 4.63. The third-order valence-electron chi connectivity index (χ3n) is 2.82. The van der Waals surface area contributed by atoms with Crippen LogP contribution in [0, 0.1) is 11.8 Å². The van der Waals surface area contributed by atoms with Gasteiger partial charge in [0.2, 0.25) is 15.9 Å². The number of hydrogen-bond donors (Lipinski definition) is 2. The Morgan fingerprint density at radius 2 is 2.24 bits per heavy atom. The molecule has 112 valence electrons. The van der Waals surface area contributed by atoms with Gasteiger partial charge in [-0.25, -0.2) is 8.42 Å². The first kappa shape index (κ1) is 15.4. The van der Waals surface area contributed by atoms with Crippen LogP contribution in [0.5, 0.6) is 0 Å². The van der Waals surface area contributed by atoms with Crippen LogP contribution >= 0.6 is 0 Å². The van der Waals surface area contributed by atoms with Crippen LogP contribution in [0.25, 0.3) is 0 Å². The number of rotatable bonds is 3. The van der Waals surface area contributed by atoms with E-state index in [1.807, 2.05) is 0 Å². The molecule has 0 aromatic carbocycles. The van der Waals surface area contributed by atoms with Crippen LogP contribution in [-0.4, -0.2) is 55.0 Å². The predicted octanol–water partition coefficient (Wildman–Crippen LogP) is -1.06. The van der Waals surface area contributed by atoms with Gasteiger partial charge in [-0.2, -0.15) is 4.31 Å². The number of aliphatic hydroxyl groups excluding tert-OH is 1. The highest BCUT2D eigenvalue weighted by Crippen LogP contribution is 2.16. The van der Waals surface area contributed by atoms with E-state index < -0.39 is 10.0 Å². The van der Waals surface area contributed by atoms with E-state index >= 15 is 0 Å². The molecular weight excluding hydrogens is 294 g/mol. The highest BCUT2D eigenvalue weighted by atomic mass is 32.2. The number of carbonyl (C=O) groups is 1. The molecular formula is C13H15N3O4S. The number of sulfonamides is 1. The van der Waals surface area contributed by atoms with Gasteiger partial charge in [-0.3, -0.25) is 9.78 Å².